The van der Waals surface area contributed by atoms with Gasteiger partial charge in [0.05, 0.1) is 5.41 Å². The van der Waals surface area contributed by atoms with Gasteiger partial charge in [0.2, 0.25) is 0 Å². The molecule has 0 aliphatic carbocycles. The largest absolute Gasteiger partial charge is 0.363 e. The molecule has 6 rings (SSSR count). The van der Waals surface area contributed by atoms with Crippen LogP contribution in [-0.2, 0) is 19.8 Å². The smallest absolute Gasteiger partial charge is 0.318 e. The van der Waals surface area contributed by atoms with Gasteiger partial charge in [-0.3, -0.25) is 24.6 Å². The van der Waals surface area contributed by atoms with Crippen molar-refractivity contribution in [2.45, 2.75) is 11.6 Å². The minimum absolute atomic E-state index is 0.196. The molecule has 136 valence electrons. The molecule has 28 heavy (non-hydrogen) atoms. The number of nitrogens with one attached hydrogen (secondary N) is 3. The number of anilines is 1. The van der Waals surface area contributed by atoms with Crippen molar-refractivity contribution in [3.63, 3.8) is 0 Å². The second-order valence-corrected chi connectivity index (χ2v) is 7.20. The van der Waals surface area contributed by atoms with Crippen molar-refractivity contribution in [3.05, 3.63) is 77.6 Å². The van der Waals surface area contributed by atoms with Crippen LogP contribution in [0.2, 0.25) is 0 Å². The van der Waals surface area contributed by atoms with Gasteiger partial charge in [0.25, 0.3) is 5.91 Å². The maximum atomic E-state index is 12.7. The third-order valence-corrected chi connectivity index (χ3v) is 5.89. The molecule has 3 amide bonds. The van der Waals surface area contributed by atoms with Crippen LogP contribution in [0.1, 0.15) is 11.1 Å². The first kappa shape index (κ1) is 15.2. The molecule has 2 aromatic carbocycles. The number of aromatic nitrogens is 1. The lowest BCUT2D eigenvalue weighted by Crippen LogP contribution is -2.58. The van der Waals surface area contributed by atoms with Crippen molar-refractivity contribution in [2.24, 2.45) is 0 Å². The van der Waals surface area contributed by atoms with E-state index in [1.807, 2.05) is 60.8 Å². The van der Waals surface area contributed by atoms with E-state index in [1.165, 1.54) is 4.90 Å². The molecule has 1 fully saturated rings. The molecule has 0 saturated carbocycles. The van der Waals surface area contributed by atoms with Crippen LogP contribution in [0.4, 0.5) is 5.69 Å². The average Bonchev–Trinajstić information content (AvgIpc) is 3.35. The Morgan fingerprint density at radius 1 is 0.893 bits per heavy atom. The summed E-state index contributed by atoms with van der Waals surface area (Å²) in [6.45, 7) is 0. The molecule has 1 aromatic heterocycles. The standard InChI is InChI=1S/C21H14N4O3/c26-17-16-9-21(13-10-22-14-7-3-1-5-11(13)14)12-6-2-4-8-15(12)23-20(21)25(16)19(28)18(27)24-17/h1-10,20,22-23H,(H,24,26,27). The zero-order valence-electron chi connectivity index (χ0n) is 14.5. The number of aromatic amines is 1. The van der Waals surface area contributed by atoms with Crippen LogP contribution in [0.5, 0.6) is 0 Å². The number of piperazine rings is 1. The fourth-order valence-corrected chi connectivity index (χ4v) is 4.74. The van der Waals surface area contributed by atoms with Gasteiger partial charge in [0, 0.05) is 22.8 Å². The first-order valence-electron chi connectivity index (χ1n) is 8.95. The Balaban J connectivity index is 1.70. The quantitative estimate of drug-likeness (QED) is 0.448. The van der Waals surface area contributed by atoms with E-state index in [0.29, 0.717) is 0 Å². The maximum Gasteiger partial charge on any atom is 0.318 e. The number of H-pyrrole nitrogens is 1. The molecule has 3 aliphatic heterocycles. The number of hydrogen-bond donors (Lipinski definition) is 3. The summed E-state index contributed by atoms with van der Waals surface area (Å²) >= 11 is 0. The van der Waals surface area contributed by atoms with Crippen molar-refractivity contribution in [1.82, 2.24) is 15.2 Å². The average molecular weight is 370 g/mol. The molecule has 7 heteroatoms. The summed E-state index contributed by atoms with van der Waals surface area (Å²) in [6.07, 6.45) is 3.13. The maximum absolute atomic E-state index is 12.7. The summed E-state index contributed by atoms with van der Waals surface area (Å²) < 4.78 is 0. The highest BCUT2D eigenvalue weighted by Crippen LogP contribution is 2.54. The van der Waals surface area contributed by atoms with Gasteiger partial charge < -0.3 is 10.3 Å². The number of para-hydroxylation sites is 2. The van der Waals surface area contributed by atoms with Crippen molar-refractivity contribution < 1.29 is 14.4 Å². The number of carbonyl (C=O) groups is 3. The van der Waals surface area contributed by atoms with Crippen LogP contribution in [0.15, 0.2) is 66.5 Å². The zero-order chi connectivity index (χ0) is 19.0. The molecule has 4 heterocycles. The first-order valence-corrected chi connectivity index (χ1v) is 8.95. The molecule has 3 aromatic rings. The minimum Gasteiger partial charge on any atom is -0.363 e. The normalized spacial score (nSPS) is 25.1. The number of carbonyl (C=O) groups excluding carboxylic acids is 3. The Morgan fingerprint density at radius 3 is 2.57 bits per heavy atom. The highest BCUT2D eigenvalue weighted by Gasteiger charge is 2.60. The Kier molecular flexibility index (Phi) is 2.66. The highest BCUT2D eigenvalue weighted by atomic mass is 16.2. The SMILES string of the molecule is O=C1NC(=O)C2=CC3(c4c[nH]c5ccccc45)c4ccccc4NC3N2C1=O. The third-order valence-electron chi connectivity index (χ3n) is 5.89. The van der Waals surface area contributed by atoms with Crippen LogP contribution in [0.3, 0.4) is 0 Å². The number of rotatable bonds is 1. The molecule has 2 atom stereocenters. The van der Waals surface area contributed by atoms with Gasteiger partial charge in [-0.2, -0.15) is 0 Å². The molecule has 2 unspecified atom stereocenters. The second kappa shape index (κ2) is 4.89. The second-order valence-electron chi connectivity index (χ2n) is 7.20. The third kappa shape index (κ3) is 1.62. The van der Waals surface area contributed by atoms with Crippen LogP contribution in [0, 0.1) is 0 Å². The van der Waals surface area contributed by atoms with Gasteiger partial charge in [-0.25, -0.2) is 0 Å². The van der Waals surface area contributed by atoms with Gasteiger partial charge in [-0.1, -0.05) is 36.4 Å². The number of amides is 3. The van der Waals surface area contributed by atoms with E-state index < -0.39 is 29.3 Å². The van der Waals surface area contributed by atoms with E-state index in [9.17, 15) is 14.4 Å². The molecule has 1 saturated heterocycles. The molecular formula is C21H14N4O3. The van der Waals surface area contributed by atoms with Crippen LogP contribution in [0.25, 0.3) is 10.9 Å². The molecular weight excluding hydrogens is 356 g/mol. The number of nitrogens with zero attached hydrogens (tertiary/aromatic N) is 1. The summed E-state index contributed by atoms with van der Waals surface area (Å²) in [6, 6.07) is 15.7. The molecule has 7 nitrogen and oxygen atoms in total. The number of fused-ring (bicyclic) bond motifs is 6. The zero-order valence-corrected chi connectivity index (χ0v) is 14.5. The lowest BCUT2D eigenvalue weighted by atomic mass is 9.74. The summed E-state index contributed by atoms with van der Waals surface area (Å²) in [5.74, 6) is -2.20. The van der Waals surface area contributed by atoms with Crippen molar-refractivity contribution in [1.29, 1.82) is 0 Å². The van der Waals surface area contributed by atoms with E-state index in [-0.39, 0.29) is 5.70 Å². The van der Waals surface area contributed by atoms with Crippen LogP contribution < -0.4 is 10.6 Å². The summed E-state index contributed by atoms with van der Waals surface area (Å²) in [7, 11) is 0. The fourth-order valence-electron chi connectivity index (χ4n) is 4.74. The number of benzene rings is 2. The van der Waals surface area contributed by atoms with Gasteiger partial charge in [-0.15, -0.1) is 0 Å². The van der Waals surface area contributed by atoms with E-state index >= 15 is 0 Å². The van der Waals surface area contributed by atoms with Gasteiger partial charge in [0.15, 0.2) is 0 Å². The Morgan fingerprint density at radius 2 is 1.68 bits per heavy atom. The van der Waals surface area contributed by atoms with Crippen molar-refractivity contribution >= 4 is 34.3 Å². The summed E-state index contributed by atoms with van der Waals surface area (Å²) in [4.78, 5) is 41.8. The van der Waals surface area contributed by atoms with E-state index in [0.717, 1.165) is 27.7 Å². The topological polar surface area (TPSA) is 94.3 Å². The summed E-state index contributed by atoms with van der Waals surface area (Å²) in [5.41, 5.74) is 3.15. The Bertz CT molecular complexity index is 1260. The van der Waals surface area contributed by atoms with E-state index in [4.69, 9.17) is 0 Å². The summed E-state index contributed by atoms with van der Waals surface area (Å²) in [5, 5.41) is 6.51. The van der Waals surface area contributed by atoms with Crippen LogP contribution in [-0.4, -0.2) is 33.8 Å². The van der Waals surface area contributed by atoms with Gasteiger partial charge in [-0.05, 0) is 29.3 Å². The van der Waals surface area contributed by atoms with Crippen LogP contribution >= 0.6 is 0 Å². The molecule has 0 radical (unpaired) electrons. The predicted octanol–water partition coefficient (Wildman–Crippen LogP) is 1.59. The predicted molar refractivity (Wildman–Crippen MR) is 101 cm³/mol. The Labute approximate surface area is 159 Å². The lowest BCUT2D eigenvalue weighted by molar-refractivity contribution is -0.151. The molecule has 3 N–H and O–H groups in total. The minimum atomic E-state index is -0.908. The highest BCUT2D eigenvalue weighted by molar-refractivity contribution is 6.42. The fraction of sp³-hybridized carbons (Fsp3) is 0.0952. The molecule has 0 spiro atoms. The van der Waals surface area contributed by atoms with Crippen molar-refractivity contribution in [2.75, 3.05) is 5.32 Å². The number of hydrogen-bond acceptors (Lipinski definition) is 4. The number of imide groups is 1. The first-order chi connectivity index (χ1) is 13.6. The molecule has 3 aliphatic rings. The van der Waals surface area contributed by atoms with Crippen molar-refractivity contribution in [3.8, 4) is 0 Å². The molecule has 0 bridgehead atoms. The van der Waals surface area contributed by atoms with Gasteiger partial charge >= 0.3 is 11.8 Å². The lowest BCUT2D eigenvalue weighted by Gasteiger charge is -2.34. The Hall–Kier alpha value is -3.87. The van der Waals surface area contributed by atoms with Gasteiger partial charge in [0.1, 0.15) is 11.9 Å². The van der Waals surface area contributed by atoms with E-state index in [1.54, 1.807) is 0 Å². The monoisotopic (exact) mass is 370 g/mol. The van der Waals surface area contributed by atoms with E-state index in [2.05, 4.69) is 15.6 Å².